The van der Waals surface area contributed by atoms with E-state index >= 15 is 0 Å². The van der Waals surface area contributed by atoms with Crippen LogP contribution in [-0.4, -0.2) is 23.7 Å². The van der Waals surface area contributed by atoms with E-state index < -0.39 is 0 Å². The highest BCUT2D eigenvalue weighted by Gasteiger charge is 2.18. The van der Waals surface area contributed by atoms with Crippen molar-refractivity contribution in [2.75, 3.05) is 6.61 Å². The van der Waals surface area contributed by atoms with E-state index in [2.05, 4.69) is 5.32 Å². The van der Waals surface area contributed by atoms with Gasteiger partial charge in [0.2, 0.25) is 5.91 Å². The van der Waals surface area contributed by atoms with Crippen molar-refractivity contribution in [3.63, 3.8) is 0 Å². The molecule has 0 saturated carbocycles. The summed E-state index contributed by atoms with van der Waals surface area (Å²) in [5.41, 5.74) is 1.99. The normalized spacial score (nSPS) is 22.5. The van der Waals surface area contributed by atoms with E-state index in [4.69, 9.17) is 5.11 Å². The van der Waals surface area contributed by atoms with Gasteiger partial charge in [0.05, 0.1) is 0 Å². The first-order valence-corrected chi connectivity index (χ1v) is 6.52. The van der Waals surface area contributed by atoms with Crippen LogP contribution in [0.2, 0.25) is 0 Å². The van der Waals surface area contributed by atoms with Crippen molar-refractivity contribution >= 4 is 11.5 Å². The lowest BCUT2D eigenvalue weighted by atomic mass is 10.1. The average Bonchev–Trinajstić information content (AvgIpc) is 2.87. The highest BCUT2D eigenvalue weighted by atomic mass is 16.3. The van der Waals surface area contributed by atoms with Crippen molar-refractivity contribution in [1.29, 1.82) is 0 Å². The molecule has 0 aromatic heterocycles. The molecule has 1 aromatic rings. The molecule has 2 atom stereocenters. The SMILES string of the molecule is C/C(=C/C(=O)N[C@@H]1C=C[C@H](CO)C1)c1ccccc1. The average molecular weight is 257 g/mol. The summed E-state index contributed by atoms with van der Waals surface area (Å²) in [6, 6.07) is 9.86. The van der Waals surface area contributed by atoms with Gasteiger partial charge in [0.1, 0.15) is 0 Å². The van der Waals surface area contributed by atoms with Crippen LogP contribution in [0.15, 0.2) is 48.6 Å². The van der Waals surface area contributed by atoms with Gasteiger partial charge in [-0.15, -0.1) is 0 Å². The quantitative estimate of drug-likeness (QED) is 0.641. The second-order valence-corrected chi connectivity index (χ2v) is 4.87. The highest BCUT2D eigenvalue weighted by Crippen LogP contribution is 2.17. The molecule has 1 aromatic carbocycles. The molecule has 1 aliphatic carbocycles. The molecule has 1 aliphatic rings. The molecular formula is C16H19NO2. The number of nitrogens with one attached hydrogen (secondary N) is 1. The van der Waals surface area contributed by atoms with Crippen LogP contribution in [0.5, 0.6) is 0 Å². The number of aliphatic hydroxyl groups is 1. The van der Waals surface area contributed by atoms with Crippen LogP contribution in [0.1, 0.15) is 18.9 Å². The van der Waals surface area contributed by atoms with Crippen molar-refractivity contribution in [3.8, 4) is 0 Å². The molecular weight excluding hydrogens is 238 g/mol. The molecule has 3 heteroatoms. The van der Waals surface area contributed by atoms with Gasteiger partial charge in [-0.05, 0) is 24.5 Å². The summed E-state index contributed by atoms with van der Waals surface area (Å²) in [4.78, 5) is 11.9. The Balaban J connectivity index is 1.93. The molecule has 1 amide bonds. The van der Waals surface area contributed by atoms with Gasteiger partial charge in [0, 0.05) is 24.6 Å². The first kappa shape index (κ1) is 13.6. The van der Waals surface area contributed by atoms with E-state index in [9.17, 15) is 4.79 Å². The largest absolute Gasteiger partial charge is 0.396 e. The van der Waals surface area contributed by atoms with E-state index in [1.165, 1.54) is 0 Å². The Labute approximate surface area is 113 Å². The lowest BCUT2D eigenvalue weighted by Gasteiger charge is -2.11. The van der Waals surface area contributed by atoms with E-state index in [-0.39, 0.29) is 24.5 Å². The van der Waals surface area contributed by atoms with Crippen LogP contribution in [0.4, 0.5) is 0 Å². The third-order valence-electron chi connectivity index (χ3n) is 3.31. The molecule has 2 rings (SSSR count). The van der Waals surface area contributed by atoms with Crippen molar-refractivity contribution in [1.82, 2.24) is 5.32 Å². The van der Waals surface area contributed by atoms with E-state index in [0.717, 1.165) is 17.6 Å². The lowest BCUT2D eigenvalue weighted by Crippen LogP contribution is -2.31. The molecule has 19 heavy (non-hydrogen) atoms. The molecule has 0 spiro atoms. The molecule has 0 bridgehead atoms. The number of allylic oxidation sites excluding steroid dienone is 1. The number of hydrogen-bond donors (Lipinski definition) is 2. The van der Waals surface area contributed by atoms with Crippen LogP contribution in [-0.2, 0) is 4.79 Å². The maximum Gasteiger partial charge on any atom is 0.244 e. The third kappa shape index (κ3) is 3.80. The molecule has 0 unspecified atom stereocenters. The number of aliphatic hydroxyl groups excluding tert-OH is 1. The zero-order valence-corrected chi connectivity index (χ0v) is 11.0. The van der Waals surface area contributed by atoms with Crippen LogP contribution in [0.25, 0.3) is 5.57 Å². The second kappa shape index (κ2) is 6.34. The minimum atomic E-state index is -0.0883. The Morgan fingerprint density at radius 3 is 2.74 bits per heavy atom. The van der Waals surface area contributed by atoms with Crippen molar-refractivity contribution in [2.24, 2.45) is 5.92 Å². The molecule has 0 saturated heterocycles. The monoisotopic (exact) mass is 257 g/mol. The lowest BCUT2D eigenvalue weighted by molar-refractivity contribution is -0.116. The number of hydrogen-bond acceptors (Lipinski definition) is 2. The molecule has 0 fully saturated rings. The maximum absolute atomic E-state index is 11.9. The van der Waals surface area contributed by atoms with Gasteiger partial charge in [-0.2, -0.15) is 0 Å². The van der Waals surface area contributed by atoms with Gasteiger partial charge in [0.15, 0.2) is 0 Å². The predicted octanol–water partition coefficient (Wildman–Crippen LogP) is 2.14. The first-order chi connectivity index (χ1) is 9.19. The van der Waals surface area contributed by atoms with Gasteiger partial charge >= 0.3 is 0 Å². The van der Waals surface area contributed by atoms with Gasteiger partial charge < -0.3 is 10.4 Å². The van der Waals surface area contributed by atoms with Crippen molar-refractivity contribution in [3.05, 3.63) is 54.1 Å². The van der Waals surface area contributed by atoms with E-state index in [1.54, 1.807) is 6.08 Å². The van der Waals surface area contributed by atoms with Crippen molar-refractivity contribution < 1.29 is 9.90 Å². The summed E-state index contributed by atoms with van der Waals surface area (Å²) < 4.78 is 0. The summed E-state index contributed by atoms with van der Waals surface area (Å²) >= 11 is 0. The fraction of sp³-hybridized carbons (Fsp3) is 0.312. The minimum Gasteiger partial charge on any atom is -0.396 e. The second-order valence-electron chi connectivity index (χ2n) is 4.87. The summed E-state index contributed by atoms with van der Waals surface area (Å²) in [7, 11) is 0. The zero-order valence-electron chi connectivity index (χ0n) is 11.0. The Morgan fingerprint density at radius 1 is 1.37 bits per heavy atom. The van der Waals surface area contributed by atoms with Crippen molar-refractivity contribution in [2.45, 2.75) is 19.4 Å². The van der Waals surface area contributed by atoms with Gasteiger partial charge in [-0.25, -0.2) is 0 Å². The predicted molar refractivity (Wildman–Crippen MR) is 76.4 cm³/mol. The van der Waals surface area contributed by atoms with Crippen LogP contribution < -0.4 is 5.32 Å². The van der Waals surface area contributed by atoms with E-state index in [0.29, 0.717) is 0 Å². The van der Waals surface area contributed by atoms with Crippen LogP contribution in [0, 0.1) is 5.92 Å². The molecule has 0 aliphatic heterocycles. The Bertz CT molecular complexity index is 491. The molecule has 100 valence electrons. The van der Waals surface area contributed by atoms with E-state index in [1.807, 2.05) is 49.4 Å². The Kier molecular flexibility index (Phi) is 4.53. The standard InChI is InChI=1S/C16H19NO2/c1-12(14-5-3-2-4-6-14)9-16(19)17-15-8-7-13(10-15)11-18/h2-9,13,15,18H,10-11H2,1H3,(H,17,19)/b12-9-/t13-,15+/m0/s1. The smallest absolute Gasteiger partial charge is 0.244 e. The van der Waals surface area contributed by atoms with Gasteiger partial charge in [-0.3, -0.25) is 4.79 Å². The topological polar surface area (TPSA) is 49.3 Å². The van der Waals surface area contributed by atoms with Crippen LogP contribution in [0.3, 0.4) is 0 Å². The number of amides is 1. The van der Waals surface area contributed by atoms with Gasteiger partial charge in [0.25, 0.3) is 0 Å². The molecule has 3 nitrogen and oxygen atoms in total. The fourth-order valence-corrected chi connectivity index (χ4v) is 2.22. The number of benzene rings is 1. The summed E-state index contributed by atoms with van der Waals surface area (Å²) in [6.07, 6.45) is 6.30. The molecule has 2 N–H and O–H groups in total. The fourth-order valence-electron chi connectivity index (χ4n) is 2.22. The van der Waals surface area contributed by atoms with Gasteiger partial charge in [-0.1, -0.05) is 42.5 Å². The van der Waals surface area contributed by atoms with Crippen LogP contribution >= 0.6 is 0 Å². The summed E-state index contributed by atoms with van der Waals surface area (Å²) in [5, 5.41) is 12.0. The number of carbonyl (C=O) groups excluding carboxylic acids is 1. The number of carbonyl (C=O) groups is 1. The number of rotatable bonds is 4. The third-order valence-corrected chi connectivity index (χ3v) is 3.31. The molecule has 0 radical (unpaired) electrons. The zero-order chi connectivity index (χ0) is 13.7. The summed E-state index contributed by atoms with van der Waals surface area (Å²) in [6.45, 7) is 2.07. The first-order valence-electron chi connectivity index (χ1n) is 6.52. The highest BCUT2D eigenvalue weighted by molar-refractivity contribution is 5.95. The Hall–Kier alpha value is -1.87. The minimum absolute atomic E-state index is 0.0319. The molecule has 0 heterocycles. The Morgan fingerprint density at radius 2 is 2.11 bits per heavy atom. The summed E-state index contributed by atoms with van der Waals surface area (Å²) in [5.74, 6) is 0.0825. The maximum atomic E-state index is 11.9.